The zero-order valence-electron chi connectivity index (χ0n) is 13.8. The molecule has 0 fully saturated rings. The monoisotopic (exact) mass is 357 g/mol. The zero-order chi connectivity index (χ0) is 17.4. The average molecular weight is 357 g/mol. The van der Waals surface area contributed by atoms with E-state index in [4.69, 9.17) is 4.74 Å². The van der Waals surface area contributed by atoms with Gasteiger partial charge in [0, 0.05) is 6.54 Å². The lowest BCUT2D eigenvalue weighted by molar-refractivity contribution is 0.0581. The molecular formula is C18H19N3O3S. The summed E-state index contributed by atoms with van der Waals surface area (Å²) in [6.07, 6.45) is 0. The van der Waals surface area contributed by atoms with Crippen molar-refractivity contribution in [1.82, 2.24) is 14.3 Å². The number of ether oxygens (including phenoxy) is 1. The first-order valence-corrected chi connectivity index (χ1v) is 9.63. The maximum absolute atomic E-state index is 12.5. The van der Waals surface area contributed by atoms with Gasteiger partial charge < -0.3 is 9.30 Å². The molecule has 6 nitrogen and oxygen atoms in total. The van der Waals surface area contributed by atoms with Gasteiger partial charge in [-0.15, -0.1) is 0 Å². The van der Waals surface area contributed by atoms with Gasteiger partial charge in [0.25, 0.3) is 0 Å². The Morgan fingerprint density at radius 2 is 2.04 bits per heavy atom. The van der Waals surface area contributed by atoms with Crippen LogP contribution in [0.4, 0.5) is 0 Å². The molecule has 1 unspecified atom stereocenters. The fraction of sp³-hybridized carbons (Fsp3) is 0.278. The minimum Gasteiger partial charge on any atom is -0.371 e. The highest BCUT2D eigenvalue weighted by Crippen LogP contribution is 2.26. The van der Waals surface area contributed by atoms with E-state index < -0.39 is 10.0 Å². The molecule has 0 saturated heterocycles. The van der Waals surface area contributed by atoms with Crippen molar-refractivity contribution in [2.45, 2.75) is 24.5 Å². The van der Waals surface area contributed by atoms with Gasteiger partial charge in [-0.25, -0.2) is 18.1 Å². The lowest BCUT2D eigenvalue weighted by atomic mass is 10.2. The summed E-state index contributed by atoms with van der Waals surface area (Å²) in [5, 5.41) is 0. The van der Waals surface area contributed by atoms with Crippen molar-refractivity contribution in [3.63, 3.8) is 0 Å². The summed E-state index contributed by atoms with van der Waals surface area (Å²) < 4.78 is 35.3. The number of nitrogens with zero attached hydrogens (tertiary/aromatic N) is 2. The number of imidazole rings is 1. The number of hydrogen-bond acceptors (Lipinski definition) is 4. The first kappa shape index (κ1) is 16.3. The molecule has 1 aromatic heterocycles. The molecule has 7 heteroatoms. The fourth-order valence-corrected chi connectivity index (χ4v) is 4.26. The minimum atomic E-state index is -3.55. The molecule has 1 atom stereocenters. The number of nitrogens with one attached hydrogen (secondary N) is 1. The van der Waals surface area contributed by atoms with Crippen LogP contribution in [0.15, 0.2) is 53.4 Å². The molecule has 130 valence electrons. The Hall–Kier alpha value is -2.22. The van der Waals surface area contributed by atoms with E-state index in [-0.39, 0.29) is 17.5 Å². The van der Waals surface area contributed by atoms with Gasteiger partial charge in [0.1, 0.15) is 12.4 Å². The van der Waals surface area contributed by atoms with Crippen LogP contribution in [0.1, 0.15) is 17.4 Å². The van der Waals surface area contributed by atoms with Crippen molar-refractivity contribution in [2.24, 2.45) is 0 Å². The molecule has 4 rings (SSSR count). The normalized spacial score (nSPS) is 17.6. The molecule has 0 spiro atoms. The first-order valence-electron chi connectivity index (χ1n) is 8.14. The van der Waals surface area contributed by atoms with Gasteiger partial charge >= 0.3 is 0 Å². The Bertz CT molecular complexity index is 1010. The summed E-state index contributed by atoms with van der Waals surface area (Å²) in [6.45, 7) is 3.18. The lowest BCUT2D eigenvalue weighted by Crippen LogP contribution is -2.35. The van der Waals surface area contributed by atoms with E-state index in [0.717, 1.165) is 22.4 Å². The van der Waals surface area contributed by atoms with E-state index >= 15 is 0 Å². The number of benzene rings is 2. The minimum absolute atomic E-state index is 0.131. The molecule has 1 aliphatic rings. The average Bonchev–Trinajstić information content (AvgIpc) is 2.99. The Morgan fingerprint density at radius 1 is 1.24 bits per heavy atom. The highest BCUT2D eigenvalue weighted by molar-refractivity contribution is 7.89. The topological polar surface area (TPSA) is 73.2 Å². The Balaban J connectivity index is 1.63. The van der Waals surface area contributed by atoms with Gasteiger partial charge in [0.2, 0.25) is 10.0 Å². The van der Waals surface area contributed by atoms with E-state index in [1.807, 2.05) is 19.1 Å². The van der Waals surface area contributed by atoms with Gasteiger partial charge in [-0.05, 0) is 36.8 Å². The third-order valence-corrected chi connectivity index (χ3v) is 5.83. The number of sulfonamides is 1. The predicted octanol–water partition coefficient (Wildman–Crippen LogP) is 2.39. The fourth-order valence-electron chi connectivity index (χ4n) is 3.16. The van der Waals surface area contributed by atoms with Gasteiger partial charge in [0.05, 0.1) is 28.6 Å². The Labute approximate surface area is 146 Å². The quantitative estimate of drug-likeness (QED) is 0.778. The van der Waals surface area contributed by atoms with Gasteiger partial charge in [-0.2, -0.15) is 0 Å². The largest absolute Gasteiger partial charge is 0.371 e. The van der Waals surface area contributed by atoms with Crippen LogP contribution in [-0.4, -0.2) is 31.1 Å². The standard InChI is InChI=1S/C18H19N3O3S/c1-13-7-8-16-17(9-13)21-14(11-24-12-18(21)20-16)10-19-25(22,23)15-5-3-2-4-6-15/h2-9,14,19H,10-12H2,1H3. The molecule has 0 saturated carbocycles. The van der Waals surface area contributed by atoms with E-state index in [0.29, 0.717) is 13.2 Å². The van der Waals surface area contributed by atoms with E-state index in [1.54, 1.807) is 30.3 Å². The van der Waals surface area contributed by atoms with Crippen LogP contribution >= 0.6 is 0 Å². The third-order valence-electron chi connectivity index (χ3n) is 4.39. The van der Waals surface area contributed by atoms with E-state index in [9.17, 15) is 8.42 Å². The molecule has 0 amide bonds. The molecular weight excluding hydrogens is 338 g/mol. The second-order valence-corrected chi connectivity index (χ2v) is 7.99. The number of aryl methyl sites for hydroxylation is 1. The molecule has 2 heterocycles. The molecule has 25 heavy (non-hydrogen) atoms. The summed E-state index contributed by atoms with van der Waals surface area (Å²) in [5.74, 6) is 0.829. The van der Waals surface area contributed by atoms with Crippen LogP contribution in [0.2, 0.25) is 0 Å². The third kappa shape index (κ3) is 3.06. The van der Waals surface area contributed by atoms with Crippen LogP contribution < -0.4 is 4.72 Å². The van der Waals surface area contributed by atoms with Gasteiger partial charge in [-0.3, -0.25) is 0 Å². The molecule has 2 aromatic carbocycles. The van der Waals surface area contributed by atoms with Crippen LogP contribution in [0.5, 0.6) is 0 Å². The Kier molecular flexibility index (Phi) is 4.07. The predicted molar refractivity (Wildman–Crippen MR) is 94.8 cm³/mol. The number of rotatable bonds is 4. The van der Waals surface area contributed by atoms with Crippen LogP contribution in [0, 0.1) is 6.92 Å². The molecule has 0 bridgehead atoms. The first-order chi connectivity index (χ1) is 12.0. The summed E-state index contributed by atoms with van der Waals surface area (Å²) >= 11 is 0. The zero-order valence-corrected chi connectivity index (χ0v) is 14.7. The molecule has 3 aromatic rings. The number of fused-ring (bicyclic) bond motifs is 3. The van der Waals surface area contributed by atoms with Crippen LogP contribution in [0.3, 0.4) is 0 Å². The highest BCUT2D eigenvalue weighted by atomic mass is 32.2. The lowest BCUT2D eigenvalue weighted by Gasteiger charge is -2.26. The van der Waals surface area contributed by atoms with Gasteiger partial charge in [-0.1, -0.05) is 24.3 Å². The van der Waals surface area contributed by atoms with Crippen molar-refractivity contribution in [1.29, 1.82) is 0 Å². The number of hydrogen-bond donors (Lipinski definition) is 1. The molecule has 1 N–H and O–H groups in total. The maximum atomic E-state index is 12.5. The van der Waals surface area contributed by atoms with Crippen molar-refractivity contribution in [2.75, 3.05) is 13.2 Å². The van der Waals surface area contributed by atoms with Crippen LogP contribution in [-0.2, 0) is 21.4 Å². The summed E-state index contributed by atoms with van der Waals surface area (Å²) in [5.41, 5.74) is 3.06. The highest BCUT2D eigenvalue weighted by Gasteiger charge is 2.25. The van der Waals surface area contributed by atoms with Crippen molar-refractivity contribution in [3.05, 3.63) is 59.9 Å². The number of aromatic nitrogens is 2. The second kappa shape index (κ2) is 6.25. The van der Waals surface area contributed by atoms with Crippen molar-refractivity contribution in [3.8, 4) is 0 Å². The van der Waals surface area contributed by atoms with Crippen molar-refractivity contribution < 1.29 is 13.2 Å². The van der Waals surface area contributed by atoms with Crippen molar-refractivity contribution >= 4 is 21.1 Å². The smallest absolute Gasteiger partial charge is 0.240 e. The maximum Gasteiger partial charge on any atom is 0.240 e. The summed E-state index contributed by atoms with van der Waals surface area (Å²) in [6, 6.07) is 14.3. The molecule has 0 aliphatic carbocycles. The van der Waals surface area contributed by atoms with Gasteiger partial charge in [0.15, 0.2) is 0 Å². The van der Waals surface area contributed by atoms with E-state index in [2.05, 4.69) is 20.3 Å². The molecule has 0 radical (unpaired) electrons. The summed E-state index contributed by atoms with van der Waals surface area (Å²) in [7, 11) is -3.55. The Morgan fingerprint density at radius 3 is 2.84 bits per heavy atom. The SMILES string of the molecule is Cc1ccc2nc3n(c2c1)C(CNS(=O)(=O)c1ccccc1)COC3. The van der Waals surface area contributed by atoms with Crippen LogP contribution in [0.25, 0.3) is 11.0 Å². The summed E-state index contributed by atoms with van der Waals surface area (Å²) in [4.78, 5) is 4.87. The van der Waals surface area contributed by atoms with E-state index in [1.165, 1.54) is 0 Å². The second-order valence-electron chi connectivity index (χ2n) is 6.22. The molecule has 1 aliphatic heterocycles.